The van der Waals surface area contributed by atoms with E-state index in [0.29, 0.717) is 0 Å². The summed E-state index contributed by atoms with van der Waals surface area (Å²) in [6, 6.07) is 20.4. The molecule has 2 atom stereocenters. The van der Waals surface area contributed by atoms with Crippen LogP contribution in [0.1, 0.15) is 29.8 Å². The van der Waals surface area contributed by atoms with E-state index >= 15 is 0 Å². The van der Waals surface area contributed by atoms with Crippen LogP contribution in [-0.2, 0) is 9.78 Å². The first-order valence-corrected chi connectivity index (χ1v) is 5.85. The van der Waals surface area contributed by atoms with Crippen LogP contribution in [0.5, 0.6) is 0 Å². The van der Waals surface area contributed by atoms with Gasteiger partial charge in [-0.05, 0) is 11.1 Å². The molecule has 17 heavy (non-hydrogen) atoms. The molecule has 86 valence electrons. The third-order valence-electron chi connectivity index (χ3n) is 3.06. The summed E-state index contributed by atoms with van der Waals surface area (Å²) >= 11 is 0. The molecule has 1 aliphatic heterocycles. The maximum Gasteiger partial charge on any atom is 0.121 e. The van der Waals surface area contributed by atoms with Gasteiger partial charge in [0.1, 0.15) is 12.2 Å². The van der Waals surface area contributed by atoms with Crippen LogP contribution in [-0.4, -0.2) is 0 Å². The lowest BCUT2D eigenvalue weighted by molar-refractivity contribution is -0.300. The maximum absolute atomic E-state index is 5.41. The molecule has 0 radical (unpaired) electrons. The summed E-state index contributed by atoms with van der Waals surface area (Å²) in [6.07, 6.45) is 0.955. The number of rotatable bonds is 2. The first-order valence-electron chi connectivity index (χ1n) is 5.85. The van der Waals surface area contributed by atoms with E-state index in [1.807, 2.05) is 36.4 Å². The van der Waals surface area contributed by atoms with Gasteiger partial charge in [-0.1, -0.05) is 60.7 Å². The fourth-order valence-corrected chi connectivity index (χ4v) is 2.13. The smallest absolute Gasteiger partial charge is 0.121 e. The Balaban J connectivity index is 1.75. The molecular formula is C15H14O2. The van der Waals surface area contributed by atoms with Crippen molar-refractivity contribution >= 4 is 0 Å². The lowest BCUT2D eigenvalue weighted by atomic mass is 10.00. The number of benzene rings is 2. The monoisotopic (exact) mass is 226 g/mol. The lowest BCUT2D eigenvalue weighted by Gasteiger charge is -2.06. The highest BCUT2D eigenvalue weighted by molar-refractivity contribution is 5.22. The minimum absolute atomic E-state index is 0.0430. The van der Waals surface area contributed by atoms with Crippen LogP contribution in [0.4, 0.5) is 0 Å². The predicted octanol–water partition coefficient (Wildman–Crippen LogP) is 3.82. The van der Waals surface area contributed by atoms with Gasteiger partial charge >= 0.3 is 0 Å². The molecule has 0 spiro atoms. The summed E-state index contributed by atoms with van der Waals surface area (Å²) in [5.74, 6) is 0. The molecule has 0 aliphatic carbocycles. The Kier molecular flexibility index (Phi) is 2.90. The van der Waals surface area contributed by atoms with Crippen molar-refractivity contribution in [3.63, 3.8) is 0 Å². The van der Waals surface area contributed by atoms with Gasteiger partial charge < -0.3 is 0 Å². The van der Waals surface area contributed by atoms with E-state index < -0.39 is 0 Å². The molecule has 0 aromatic heterocycles. The summed E-state index contributed by atoms with van der Waals surface area (Å²) in [7, 11) is 0. The quantitative estimate of drug-likeness (QED) is 0.725. The van der Waals surface area contributed by atoms with Crippen molar-refractivity contribution in [1.29, 1.82) is 0 Å². The summed E-state index contributed by atoms with van der Waals surface area (Å²) in [6.45, 7) is 0. The van der Waals surface area contributed by atoms with Crippen LogP contribution < -0.4 is 0 Å². The van der Waals surface area contributed by atoms with E-state index in [1.165, 1.54) is 11.1 Å². The van der Waals surface area contributed by atoms with Crippen molar-refractivity contribution in [2.24, 2.45) is 0 Å². The van der Waals surface area contributed by atoms with Gasteiger partial charge in [-0.3, -0.25) is 0 Å². The lowest BCUT2D eigenvalue weighted by Crippen LogP contribution is -1.95. The van der Waals surface area contributed by atoms with Crippen LogP contribution >= 0.6 is 0 Å². The Labute approximate surface area is 101 Å². The molecule has 0 bridgehead atoms. The average molecular weight is 226 g/mol. The van der Waals surface area contributed by atoms with Crippen molar-refractivity contribution in [3.05, 3.63) is 71.8 Å². The SMILES string of the molecule is c1ccc([C@@H]2C[C@H](c3ccccc3)OO2)cc1. The highest BCUT2D eigenvalue weighted by atomic mass is 17.2. The average Bonchev–Trinajstić information content (AvgIpc) is 2.90. The normalized spacial score (nSPS) is 23.8. The molecule has 2 aromatic carbocycles. The topological polar surface area (TPSA) is 18.5 Å². The molecule has 0 amide bonds. The summed E-state index contributed by atoms with van der Waals surface area (Å²) in [5, 5.41) is 0. The molecule has 0 saturated carbocycles. The van der Waals surface area contributed by atoms with Gasteiger partial charge in [0.2, 0.25) is 0 Å². The molecule has 0 unspecified atom stereocenters. The first kappa shape index (κ1) is 10.5. The first-order chi connectivity index (χ1) is 8.43. The molecule has 1 fully saturated rings. The van der Waals surface area contributed by atoms with E-state index in [0.717, 1.165) is 6.42 Å². The van der Waals surface area contributed by atoms with Gasteiger partial charge in [-0.2, -0.15) is 0 Å². The largest absolute Gasteiger partial charge is 0.228 e. The molecular weight excluding hydrogens is 212 g/mol. The van der Waals surface area contributed by atoms with Gasteiger partial charge in [-0.15, -0.1) is 0 Å². The van der Waals surface area contributed by atoms with E-state index in [9.17, 15) is 0 Å². The minimum atomic E-state index is 0.0430. The van der Waals surface area contributed by atoms with Gasteiger partial charge in [0.25, 0.3) is 0 Å². The third kappa shape index (κ3) is 2.23. The van der Waals surface area contributed by atoms with Gasteiger partial charge in [0, 0.05) is 6.42 Å². The summed E-state index contributed by atoms with van der Waals surface area (Å²) in [4.78, 5) is 10.8. The van der Waals surface area contributed by atoms with Crippen molar-refractivity contribution in [2.45, 2.75) is 18.6 Å². The van der Waals surface area contributed by atoms with Gasteiger partial charge in [0.15, 0.2) is 0 Å². The second kappa shape index (κ2) is 4.70. The Bertz CT molecular complexity index is 421. The molecule has 1 saturated heterocycles. The van der Waals surface area contributed by atoms with Crippen molar-refractivity contribution in [1.82, 2.24) is 0 Å². The third-order valence-corrected chi connectivity index (χ3v) is 3.06. The molecule has 1 aliphatic rings. The second-order valence-corrected chi connectivity index (χ2v) is 4.23. The zero-order valence-corrected chi connectivity index (χ0v) is 9.45. The van der Waals surface area contributed by atoms with Crippen molar-refractivity contribution < 1.29 is 9.78 Å². The van der Waals surface area contributed by atoms with Crippen molar-refractivity contribution in [3.8, 4) is 0 Å². The Morgan fingerprint density at radius 2 is 1.06 bits per heavy atom. The standard InChI is InChI=1S/C15H14O2/c1-3-7-12(8-4-1)14-11-15(17-16-14)13-9-5-2-6-10-13/h1-10,14-15H,11H2/t14-,15+. The molecule has 2 nitrogen and oxygen atoms in total. The maximum atomic E-state index is 5.41. The zero-order chi connectivity index (χ0) is 11.5. The molecule has 3 rings (SSSR count). The molecule has 2 heteroatoms. The predicted molar refractivity (Wildman–Crippen MR) is 65.2 cm³/mol. The summed E-state index contributed by atoms with van der Waals surface area (Å²) in [5.41, 5.74) is 2.34. The van der Waals surface area contributed by atoms with Gasteiger partial charge in [-0.25, -0.2) is 9.78 Å². The molecule has 1 heterocycles. The van der Waals surface area contributed by atoms with Crippen LogP contribution in [0.2, 0.25) is 0 Å². The Morgan fingerprint density at radius 1 is 0.647 bits per heavy atom. The molecule has 0 N–H and O–H groups in total. The van der Waals surface area contributed by atoms with E-state index in [1.54, 1.807) is 0 Å². The van der Waals surface area contributed by atoms with Crippen molar-refractivity contribution in [2.75, 3.05) is 0 Å². The highest BCUT2D eigenvalue weighted by Crippen LogP contribution is 2.38. The van der Waals surface area contributed by atoms with E-state index in [4.69, 9.17) is 9.78 Å². The fraction of sp³-hybridized carbons (Fsp3) is 0.200. The number of hydrogen-bond donors (Lipinski definition) is 0. The van der Waals surface area contributed by atoms with E-state index in [-0.39, 0.29) is 12.2 Å². The minimum Gasteiger partial charge on any atom is -0.228 e. The van der Waals surface area contributed by atoms with Crippen LogP contribution in [0.15, 0.2) is 60.7 Å². The summed E-state index contributed by atoms with van der Waals surface area (Å²) < 4.78 is 0. The zero-order valence-electron chi connectivity index (χ0n) is 9.45. The van der Waals surface area contributed by atoms with Crippen LogP contribution in [0, 0.1) is 0 Å². The fourth-order valence-electron chi connectivity index (χ4n) is 2.13. The van der Waals surface area contributed by atoms with E-state index in [2.05, 4.69) is 24.3 Å². The molecule has 2 aromatic rings. The number of hydrogen-bond acceptors (Lipinski definition) is 2. The van der Waals surface area contributed by atoms with Gasteiger partial charge in [0.05, 0.1) is 0 Å². The van der Waals surface area contributed by atoms with Crippen LogP contribution in [0.25, 0.3) is 0 Å². The van der Waals surface area contributed by atoms with Crippen LogP contribution in [0.3, 0.4) is 0 Å². The Morgan fingerprint density at radius 3 is 1.47 bits per heavy atom. The second-order valence-electron chi connectivity index (χ2n) is 4.23. The Hall–Kier alpha value is -1.64. The highest BCUT2D eigenvalue weighted by Gasteiger charge is 2.29.